The fourth-order valence-corrected chi connectivity index (χ4v) is 2.24. The van der Waals surface area contributed by atoms with Gasteiger partial charge in [0.15, 0.2) is 5.78 Å². The molecule has 0 amide bonds. The minimum absolute atomic E-state index is 0.104. The third-order valence-electron chi connectivity index (χ3n) is 3.05. The van der Waals surface area contributed by atoms with Crippen LogP contribution in [0.2, 0.25) is 0 Å². The molecule has 0 saturated carbocycles. The van der Waals surface area contributed by atoms with E-state index in [1.807, 2.05) is 6.08 Å². The van der Waals surface area contributed by atoms with Crippen LogP contribution >= 0.6 is 0 Å². The van der Waals surface area contributed by atoms with E-state index in [9.17, 15) is 4.79 Å². The van der Waals surface area contributed by atoms with E-state index in [4.69, 9.17) is 9.47 Å². The number of piperidine rings is 1. The number of ether oxygens (including phenoxy) is 2. The van der Waals surface area contributed by atoms with Crippen molar-refractivity contribution < 1.29 is 14.3 Å². The van der Waals surface area contributed by atoms with Gasteiger partial charge >= 0.3 is 0 Å². The van der Waals surface area contributed by atoms with Crippen LogP contribution < -0.4 is 0 Å². The van der Waals surface area contributed by atoms with Gasteiger partial charge in [0, 0.05) is 19.6 Å². The summed E-state index contributed by atoms with van der Waals surface area (Å²) in [5.74, 6) is 0.104. The van der Waals surface area contributed by atoms with Crippen LogP contribution in [0.25, 0.3) is 0 Å². The number of allylic oxidation sites excluding steroid dienone is 1. The highest BCUT2D eigenvalue weighted by Crippen LogP contribution is 2.20. The molecule has 0 aromatic carbocycles. The van der Waals surface area contributed by atoms with Gasteiger partial charge < -0.3 is 9.47 Å². The molecular weight excluding hydrogens is 206 g/mol. The fraction of sp³-hybridized carbons (Fsp3) is 0.750. The Labute approximate surface area is 96.2 Å². The van der Waals surface area contributed by atoms with E-state index < -0.39 is 0 Å². The molecule has 0 aromatic heterocycles. The first-order chi connectivity index (χ1) is 7.75. The van der Waals surface area contributed by atoms with Crippen molar-refractivity contribution in [1.82, 2.24) is 4.90 Å². The van der Waals surface area contributed by atoms with E-state index >= 15 is 0 Å². The highest BCUT2D eigenvalue weighted by Gasteiger charge is 2.32. The molecule has 4 heteroatoms. The average Bonchev–Trinajstić information content (AvgIpc) is 2.28. The molecule has 0 unspecified atom stereocenters. The Morgan fingerprint density at radius 1 is 1.38 bits per heavy atom. The summed E-state index contributed by atoms with van der Waals surface area (Å²) < 4.78 is 11.3. The van der Waals surface area contributed by atoms with Crippen molar-refractivity contribution in [3.8, 4) is 0 Å². The van der Waals surface area contributed by atoms with Crippen LogP contribution in [-0.4, -0.2) is 55.7 Å². The van der Waals surface area contributed by atoms with Crippen molar-refractivity contribution in [1.29, 1.82) is 0 Å². The summed E-state index contributed by atoms with van der Waals surface area (Å²) in [6.07, 6.45) is 5.07. The number of fused-ring (bicyclic) bond motifs is 1. The van der Waals surface area contributed by atoms with E-state index in [1.165, 1.54) is 0 Å². The molecule has 16 heavy (non-hydrogen) atoms. The van der Waals surface area contributed by atoms with Crippen LogP contribution in [0.4, 0.5) is 0 Å². The predicted molar refractivity (Wildman–Crippen MR) is 60.4 cm³/mol. The van der Waals surface area contributed by atoms with Crippen molar-refractivity contribution >= 4 is 5.78 Å². The first kappa shape index (κ1) is 11.8. The monoisotopic (exact) mass is 225 g/mol. The van der Waals surface area contributed by atoms with Crippen molar-refractivity contribution in [2.45, 2.75) is 25.6 Å². The highest BCUT2D eigenvalue weighted by atomic mass is 16.6. The van der Waals surface area contributed by atoms with Crippen LogP contribution in [0, 0.1) is 0 Å². The number of hydrogen-bond donors (Lipinski definition) is 0. The molecule has 4 nitrogen and oxygen atoms in total. The first-order valence-electron chi connectivity index (χ1n) is 5.88. The molecule has 0 aliphatic carbocycles. The average molecular weight is 225 g/mol. The second-order valence-corrected chi connectivity index (χ2v) is 4.38. The highest BCUT2D eigenvalue weighted by molar-refractivity contribution is 5.87. The van der Waals surface area contributed by atoms with Crippen molar-refractivity contribution in [3.63, 3.8) is 0 Å². The molecule has 2 rings (SSSR count). The smallest absolute Gasteiger partial charge is 0.152 e. The zero-order valence-corrected chi connectivity index (χ0v) is 9.72. The number of carbonyl (C=O) groups is 1. The summed E-state index contributed by atoms with van der Waals surface area (Å²) in [7, 11) is 0. The van der Waals surface area contributed by atoms with Gasteiger partial charge in [0.2, 0.25) is 0 Å². The maximum Gasteiger partial charge on any atom is 0.152 e. The minimum atomic E-state index is 0.104. The summed E-state index contributed by atoms with van der Waals surface area (Å²) in [6, 6.07) is 0. The van der Waals surface area contributed by atoms with E-state index in [0.717, 1.165) is 32.7 Å². The van der Waals surface area contributed by atoms with E-state index in [2.05, 4.69) is 4.90 Å². The quantitative estimate of drug-likeness (QED) is 0.660. The maximum atomic E-state index is 10.8. The standard InChI is InChI=1S/C12H19NO3/c1-10(14)3-2-5-13-6-4-11-12(9-13)16-8-7-15-11/h2-3,11-12H,4-9H2,1H3/b3-2+/t11-,12+/m1/s1. The van der Waals surface area contributed by atoms with Gasteiger partial charge in [0.25, 0.3) is 0 Å². The molecule has 2 atom stereocenters. The zero-order valence-electron chi connectivity index (χ0n) is 9.72. The Balaban J connectivity index is 1.78. The number of carbonyl (C=O) groups excluding carboxylic acids is 1. The largest absolute Gasteiger partial charge is 0.373 e. The molecule has 90 valence electrons. The summed E-state index contributed by atoms with van der Waals surface area (Å²) in [6.45, 7) is 5.76. The maximum absolute atomic E-state index is 10.8. The molecule has 2 heterocycles. The number of likely N-dealkylation sites (tertiary alicyclic amines) is 1. The lowest BCUT2D eigenvalue weighted by molar-refractivity contribution is -0.163. The first-order valence-corrected chi connectivity index (χ1v) is 5.88. The van der Waals surface area contributed by atoms with Gasteiger partial charge in [-0.15, -0.1) is 0 Å². The fourth-order valence-electron chi connectivity index (χ4n) is 2.24. The van der Waals surface area contributed by atoms with Gasteiger partial charge in [-0.3, -0.25) is 9.69 Å². The lowest BCUT2D eigenvalue weighted by Crippen LogP contribution is -2.51. The third-order valence-corrected chi connectivity index (χ3v) is 3.05. The number of rotatable bonds is 3. The van der Waals surface area contributed by atoms with Gasteiger partial charge in [0.05, 0.1) is 25.4 Å². The van der Waals surface area contributed by atoms with Crippen LogP contribution in [0.15, 0.2) is 12.2 Å². The van der Waals surface area contributed by atoms with Crippen LogP contribution in [-0.2, 0) is 14.3 Å². The Morgan fingerprint density at radius 3 is 2.88 bits per heavy atom. The predicted octanol–water partition coefficient (Wildman–Crippen LogP) is 0.621. The number of hydrogen-bond acceptors (Lipinski definition) is 4. The van der Waals surface area contributed by atoms with Gasteiger partial charge in [-0.25, -0.2) is 0 Å². The van der Waals surface area contributed by atoms with Crippen molar-refractivity contribution in [3.05, 3.63) is 12.2 Å². The summed E-state index contributed by atoms with van der Waals surface area (Å²) in [5.41, 5.74) is 0. The van der Waals surface area contributed by atoms with E-state index in [0.29, 0.717) is 6.61 Å². The van der Waals surface area contributed by atoms with Crippen molar-refractivity contribution in [2.75, 3.05) is 32.8 Å². The Morgan fingerprint density at radius 2 is 2.12 bits per heavy atom. The molecule has 0 spiro atoms. The van der Waals surface area contributed by atoms with Gasteiger partial charge in [-0.2, -0.15) is 0 Å². The van der Waals surface area contributed by atoms with E-state index in [1.54, 1.807) is 13.0 Å². The lowest BCUT2D eigenvalue weighted by Gasteiger charge is -2.40. The summed E-state index contributed by atoms with van der Waals surface area (Å²) >= 11 is 0. The van der Waals surface area contributed by atoms with Gasteiger partial charge in [0.1, 0.15) is 0 Å². The molecule has 2 aliphatic rings. The van der Waals surface area contributed by atoms with Crippen molar-refractivity contribution in [2.24, 2.45) is 0 Å². The second-order valence-electron chi connectivity index (χ2n) is 4.38. The van der Waals surface area contributed by atoms with E-state index in [-0.39, 0.29) is 18.0 Å². The lowest BCUT2D eigenvalue weighted by atomic mass is 10.0. The Hall–Kier alpha value is -0.710. The van der Waals surface area contributed by atoms with Crippen LogP contribution in [0.3, 0.4) is 0 Å². The molecule has 0 bridgehead atoms. The molecule has 0 aromatic rings. The Bertz CT molecular complexity index is 277. The zero-order chi connectivity index (χ0) is 11.4. The number of nitrogens with zero attached hydrogens (tertiary/aromatic N) is 1. The Kier molecular flexibility index (Phi) is 4.09. The minimum Gasteiger partial charge on any atom is -0.373 e. The SMILES string of the molecule is CC(=O)/C=C/CN1CC[C@H]2OCCO[C@H]2C1. The molecule has 2 saturated heterocycles. The second kappa shape index (κ2) is 5.57. The van der Waals surface area contributed by atoms with Crippen LogP contribution in [0.5, 0.6) is 0 Å². The number of ketones is 1. The molecular formula is C12H19NO3. The summed E-state index contributed by atoms with van der Waals surface area (Å²) in [4.78, 5) is 13.1. The molecule has 0 N–H and O–H groups in total. The third kappa shape index (κ3) is 3.14. The van der Waals surface area contributed by atoms with Gasteiger partial charge in [-0.05, 0) is 19.4 Å². The molecule has 2 fully saturated rings. The van der Waals surface area contributed by atoms with Gasteiger partial charge in [-0.1, -0.05) is 6.08 Å². The molecule has 2 aliphatic heterocycles. The van der Waals surface area contributed by atoms with Crippen LogP contribution in [0.1, 0.15) is 13.3 Å². The topological polar surface area (TPSA) is 38.8 Å². The summed E-state index contributed by atoms with van der Waals surface area (Å²) in [5, 5.41) is 0. The normalized spacial score (nSPS) is 31.6. The molecule has 0 radical (unpaired) electrons.